The minimum absolute atomic E-state index is 0.140. The molecule has 0 radical (unpaired) electrons. The second-order valence-corrected chi connectivity index (χ2v) is 4.66. The van der Waals surface area contributed by atoms with Crippen LogP contribution < -0.4 is 5.32 Å². The van der Waals surface area contributed by atoms with Crippen LogP contribution in [0.2, 0.25) is 0 Å². The van der Waals surface area contributed by atoms with Gasteiger partial charge in [-0.05, 0) is 33.2 Å². The molecule has 0 amide bonds. The third-order valence-corrected chi connectivity index (χ3v) is 2.99. The van der Waals surface area contributed by atoms with Gasteiger partial charge in [0.2, 0.25) is 0 Å². The molecule has 0 bridgehead atoms. The Kier molecular flexibility index (Phi) is 3.29. The molecule has 12 heavy (non-hydrogen) atoms. The SMILES string of the molecule is CC1(C)CC(C(=O)CBr)CCN1. The molecule has 70 valence electrons. The van der Waals surface area contributed by atoms with E-state index in [1.54, 1.807) is 0 Å². The van der Waals surface area contributed by atoms with Crippen LogP contribution in [0.15, 0.2) is 0 Å². The van der Waals surface area contributed by atoms with E-state index in [1.165, 1.54) is 0 Å². The van der Waals surface area contributed by atoms with Gasteiger partial charge < -0.3 is 5.32 Å². The Morgan fingerprint density at radius 1 is 1.67 bits per heavy atom. The predicted octanol–water partition coefficient (Wildman–Crippen LogP) is 1.73. The van der Waals surface area contributed by atoms with E-state index in [-0.39, 0.29) is 11.5 Å². The summed E-state index contributed by atoms with van der Waals surface area (Å²) in [6, 6.07) is 0. The molecule has 3 heteroatoms. The van der Waals surface area contributed by atoms with E-state index in [1.807, 2.05) is 0 Å². The number of hydrogen-bond acceptors (Lipinski definition) is 2. The standard InChI is InChI=1S/C9H16BrNO/c1-9(2)5-7(3-4-11-9)8(12)6-10/h7,11H,3-6H2,1-2H3. The highest BCUT2D eigenvalue weighted by Gasteiger charge is 2.30. The van der Waals surface area contributed by atoms with Crippen molar-refractivity contribution in [3.63, 3.8) is 0 Å². The zero-order valence-electron chi connectivity index (χ0n) is 7.69. The molecule has 0 aliphatic carbocycles. The topological polar surface area (TPSA) is 29.1 Å². The van der Waals surface area contributed by atoms with Crippen LogP contribution in [-0.2, 0) is 4.79 Å². The van der Waals surface area contributed by atoms with Gasteiger partial charge >= 0.3 is 0 Å². The fourth-order valence-corrected chi connectivity index (χ4v) is 2.22. The molecule has 1 aliphatic heterocycles. The summed E-state index contributed by atoms with van der Waals surface area (Å²) in [5, 5.41) is 3.91. The molecule has 2 nitrogen and oxygen atoms in total. The van der Waals surface area contributed by atoms with Crippen molar-refractivity contribution in [1.82, 2.24) is 5.32 Å². The van der Waals surface area contributed by atoms with Crippen molar-refractivity contribution in [2.75, 3.05) is 11.9 Å². The molecule has 0 aromatic carbocycles. The summed E-state index contributed by atoms with van der Waals surface area (Å²) in [6.45, 7) is 5.28. The third-order valence-electron chi connectivity index (χ3n) is 2.44. The number of rotatable bonds is 2. The Balaban J connectivity index is 2.52. The van der Waals surface area contributed by atoms with Gasteiger partial charge in [0.15, 0.2) is 0 Å². The average Bonchev–Trinajstić information content (AvgIpc) is 2.01. The molecule has 1 unspecified atom stereocenters. The number of ketones is 1. The highest BCUT2D eigenvalue weighted by Crippen LogP contribution is 2.24. The van der Waals surface area contributed by atoms with Crippen LogP contribution in [-0.4, -0.2) is 23.2 Å². The van der Waals surface area contributed by atoms with Gasteiger partial charge in [0, 0.05) is 11.5 Å². The molecule has 1 heterocycles. The Bertz CT molecular complexity index is 179. The lowest BCUT2D eigenvalue weighted by molar-refractivity contribution is -0.121. The lowest BCUT2D eigenvalue weighted by Gasteiger charge is -2.35. The van der Waals surface area contributed by atoms with Crippen molar-refractivity contribution in [2.24, 2.45) is 5.92 Å². The van der Waals surface area contributed by atoms with Crippen molar-refractivity contribution in [3.05, 3.63) is 0 Å². The lowest BCUT2D eigenvalue weighted by Crippen LogP contribution is -2.48. The maximum absolute atomic E-state index is 11.4. The maximum atomic E-state index is 11.4. The predicted molar refractivity (Wildman–Crippen MR) is 53.6 cm³/mol. The highest BCUT2D eigenvalue weighted by molar-refractivity contribution is 9.09. The molecule has 0 aromatic heterocycles. The molecule has 1 N–H and O–H groups in total. The van der Waals surface area contributed by atoms with Crippen molar-refractivity contribution in [3.8, 4) is 0 Å². The Morgan fingerprint density at radius 3 is 2.83 bits per heavy atom. The second-order valence-electron chi connectivity index (χ2n) is 4.10. The smallest absolute Gasteiger partial charge is 0.146 e. The lowest BCUT2D eigenvalue weighted by atomic mass is 9.83. The summed E-state index contributed by atoms with van der Waals surface area (Å²) in [5.74, 6) is 0.616. The highest BCUT2D eigenvalue weighted by atomic mass is 79.9. The molecule has 1 rings (SSSR count). The van der Waals surface area contributed by atoms with Gasteiger partial charge in [0.25, 0.3) is 0 Å². The molecular weight excluding hydrogens is 218 g/mol. The summed E-state index contributed by atoms with van der Waals surface area (Å²) >= 11 is 3.22. The van der Waals surface area contributed by atoms with Gasteiger partial charge in [-0.2, -0.15) is 0 Å². The van der Waals surface area contributed by atoms with E-state index in [0.717, 1.165) is 19.4 Å². The van der Waals surface area contributed by atoms with Gasteiger partial charge in [-0.15, -0.1) is 0 Å². The number of halogens is 1. The van der Waals surface area contributed by atoms with Gasteiger partial charge in [0.05, 0.1) is 5.33 Å². The minimum atomic E-state index is 0.140. The van der Waals surface area contributed by atoms with Crippen LogP contribution in [0.3, 0.4) is 0 Å². The van der Waals surface area contributed by atoms with Crippen LogP contribution in [0.4, 0.5) is 0 Å². The molecule has 0 saturated carbocycles. The molecular formula is C9H16BrNO. The molecule has 1 fully saturated rings. The van der Waals surface area contributed by atoms with E-state index >= 15 is 0 Å². The second kappa shape index (κ2) is 3.88. The van der Waals surface area contributed by atoms with Crippen molar-refractivity contribution in [2.45, 2.75) is 32.2 Å². The zero-order valence-corrected chi connectivity index (χ0v) is 9.28. The van der Waals surface area contributed by atoms with Gasteiger partial charge in [-0.25, -0.2) is 0 Å². The molecule has 0 aromatic rings. The van der Waals surface area contributed by atoms with Gasteiger partial charge in [-0.3, -0.25) is 4.79 Å². The van der Waals surface area contributed by atoms with Gasteiger partial charge in [0.1, 0.15) is 5.78 Å². The van der Waals surface area contributed by atoms with Gasteiger partial charge in [-0.1, -0.05) is 15.9 Å². The summed E-state index contributed by atoms with van der Waals surface area (Å²) in [7, 11) is 0. The number of hydrogen-bond donors (Lipinski definition) is 1. The molecule has 1 saturated heterocycles. The van der Waals surface area contributed by atoms with E-state index < -0.39 is 0 Å². The Labute approximate surface area is 82.2 Å². The first-order valence-electron chi connectivity index (χ1n) is 4.39. The molecule has 1 aliphatic rings. The fourth-order valence-electron chi connectivity index (χ4n) is 1.76. The number of carbonyl (C=O) groups is 1. The van der Waals surface area contributed by atoms with E-state index in [9.17, 15) is 4.79 Å². The Hall–Kier alpha value is 0.110. The van der Waals surface area contributed by atoms with Crippen LogP contribution in [0.5, 0.6) is 0 Å². The first kappa shape index (κ1) is 10.2. The van der Waals surface area contributed by atoms with E-state index in [4.69, 9.17) is 0 Å². The van der Waals surface area contributed by atoms with E-state index in [0.29, 0.717) is 11.1 Å². The van der Waals surface area contributed by atoms with Crippen molar-refractivity contribution >= 4 is 21.7 Å². The summed E-state index contributed by atoms with van der Waals surface area (Å²) in [4.78, 5) is 11.4. The molecule has 0 spiro atoms. The van der Waals surface area contributed by atoms with Crippen LogP contribution in [0.25, 0.3) is 0 Å². The summed E-state index contributed by atoms with van der Waals surface area (Å²) in [5.41, 5.74) is 0.140. The third kappa shape index (κ3) is 2.56. The number of carbonyl (C=O) groups excluding carboxylic acids is 1. The minimum Gasteiger partial charge on any atom is -0.312 e. The number of piperidine rings is 1. The maximum Gasteiger partial charge on any atom is 0.146 e. The number of alkyl halides is 1. The van der Waals surface area contributed by atoms with Crippen LogP contribution in [0.1, 0.15) is 26.7 Å². The summed E-state index contributed by atoms with van der Waals surface area (Å²) in [6.07, 6.45) is 1.96. The van der Waals surface area contributed by atoms with Crippen LogP contribution >= 0.6 is 15.9 Å². The number of nitrogens with one attached hydrogen (secondary N) is 1. The fraction of sp³-hybridized carbons (Fsp3) is 0.889. The van der Waals surface area contributed by atoms with Crippen LogP contribution in [0, 0.1) is 5.92 Å². The Morgan fingerprint density at radius 2 is 2.33 bits per heavy atom. The van der Waals surface area contributed by atoms with Crippen molar-refractivity contribution in [1.29, 1.82) is 0 Å². The average molecular weight is 234 g/mol. The first-order valence-corrected chi connectivity index (χ1v) is 5.51. The van der Waals surface area contributed by atoms with Crippen molar-refractivity contribution < 1.29 is 4.79 Å². The van der Waals surface area contributed by atoms with E-state index in [2.05, 4.69) is 35.1 Å². The number of Topliss-reactive ketones (excluding diaryl/α,β-unsaturated/α-hetero) is 1. The normalized spacial score (nSPS) is 28.4. The molecule has 1 atom stereocenters. The monoisotopic (exact) mass is 233 g/mol. The zero-order chi connectivity index (χ0) is 9.19. The quantitative estimate of drug-likeness (QED) is 0.737. The largest absolute Gasteiger partial charge is 0.312 e. The summed E-state index contributed by atoms with van der Waals surface area (Å²) < 4.78 is 0. The first-order chi connectivity index (χ1) is 5.55.